The van der Waals surface area contributed by atoms with Crippen LogP contribution in [0.15, 0.2) is 48.5 Å². The summed E-state index contributed by atoms with van der Waals surface area (Å²) in [6.07, 6.45) is 2.66. The zero-order valence-corrected chi connectivity index (χ0v) is 11.9. The lowest BCUT2D eigenvalue weighted by atomic mass is 10.2. The van der Waals surface area contributed by atoms with Gasteiger partial charge in [-0.15, -0.1) is 0 Å². The Morgan fingerprint density at radius 1 is 1.23 bits per heavy atom. The van der Waals surface area contributed by atoms with Crippen molar-refractivity contribution in [3.05, 3.63) is 75.1 Å². The molecule has 0 heterocycles. The smallest absolute Gasteiger partial charge is 0.269 e. The van der Waals surface area contributed by atoms with Crippen LogP contribution in [0.2, 0.25) is 5.02 Å². The first-order valence-electron chi connectivity index (χ1n) is 6.14. The molecule has 0 fully saturated rings. The maximum atomic E-state index is 13.5. The zero-order valence-electron chi connectivity index (χ0n) is 11.1. The summed E-state index contributed by atoms with van der Waals surface area (Å²) in [6.45, 7) is 0. The zero-order chi connectivity index (χ0) is 16.1. The van der Waals surface area contributed by atoms with E-state index in [-0.39, 0.29) is 11.4 Å². The van der Waals surface area contributed by atoms with Crippen molar-refractivity contribution >= 4 is 35.0 Å². The van der Waals surface area contributed by atoms with E-state index in [0.29, 0.717) is 10.6 Å². The maximum Gasteiger partial charge on any atom is 0.269 e. The van der Waals surface area contributed by atoms with Crippen molar-refractivity contribution in [2.45, 2.75) is 0 Å². The molecule has 1 amide bonds. The number of nitrogens with one attached hydrogen (secondary N) is 1. The second-order valence-electron chi connectivity index (χ2n) is 4.30. The SMILES string of the molecule is O=C(/C=C/c1ccc([N+](=O)[O-])cc1)Nc1cc(Cl)ccc1F. The van der Waals surface area contributed by atoms with Gasteiger partial charge in [0.05, 0.1) is 10.6 Å². The summed E-state index contributed by atoms with van der Waals surface area (Å²) in [7, 11) is 0. The predicted octanol–water partition coefficient (Wildman–Crippen LogP) is 4.04. The number of rotatable bonds is 4. The van der Waals surface area contributed by atoms with Crippen LogP contribution in [0.4, 0.5) is 15.8 Å². The number of hydrogen-bond donors (Lipinski definition) is 1. The highest BCUT2D eigenvalue weighted by atomic mass is 35.5. The third kappa shape index (κ3) is 4.13. The lowest BCUT2D eigenvalue weighted by Gasteiger charge is -2.04. The quantitative estimate of drug-likeness (QED) is 0.525. The average Bonchev–Trinajstić information content (AvgIpc) is 2.49. The minimum Gasteiger partial charge on any atom is -0.320 e. The molecule has 0 spiro atoms. The fourth-order valence-corrected chi connectivity index (χ4v) is 1.82. The number of nitrogens with zero attached hydrogens (tertiary/aromatic N) is 1. The van der Waals surface area contributed by atoms with Crippen LogP contribution >= 0.6 is 11.6 Å². The van der Waals surface area contributed by atoms with E-state index in [1.165, 1.54) is 48.6 Å². The highest BCUT2D eigenvalue weighted by Gasteiger charge is 2.06. The predicted molar refractivity (Wildman–Crippen MR) is 82.2 cm³/mol. The number of benzene rings is 2. The Balaban J connectivity index is 2.05. The van der Waals surface area contributed by atoms with E-state index in [1.807, 2.05) is 0 Å². The number of nitro benzene ring substituents is 1. The van der Waals surface area contributed by atoms with E-state index in [4.69, 9.17) is 11.6 Å². The molecular weight excluding hydrogens is 311 g/mol. The Hall–Kier alpha value is -2.73. The van der Waals surface area contributed by atoms with E-state index in [0.717, 1.165) is 6.07 Å². The van der Waals surface area contributed by atoms with Crippen LogP contribution in [-0.4, -0.2) is 10.8 Å². The van der Waals surface area contributed by atoms with Gasteiger partial charge in [-0.1, -0.05) is 11.6 Å². The van der Waals surface area contributed by atoms with E-state index in [1.54, 1.807) is 0 Å². The van der Waals surface area contributed by atoms with E-state index in [2.05, 4.69) is 5.32 Å². The maximum absolute atomic E-state index is 13.5. The molecule has 0 aromatic heterocycles. The van der Waals surface area contributed by atoms with Crippen molar-refractivity contribution in [2.75, 3.05) is 5.32 Å². The Bertz CT molecular complexity index is 745. The molecule has 0 saturated carbocycles. The van der Waals surface area contributed by atoms with Crippen LogP contribution in [0, 0.1) is 15.9 Å². The summed E-state index contributed by atoms with van der Waals surface area (Å²) < 4.78 is 13.5. The first-order valence-corrected chi connectivity index (χ1v) is 6.52. The van der Waals surface area contributed by atoms with Gasteiger partial charge in [-0.2, -0.15) is 0 Å². The van der Waals surface area contributed by atoms with Crippen molar-refractivity contribution in [3.63, 3.8) is 0 Å². The van der Waals surface area contributed by atoms with E-state index in [9.17, 15) is 19.3 Å². The van der Waals surface area contributed by atoms with E-state index >= 15 is 0 Å². The Morgan fingerprint density at radius 2 is 1.91 bits per heavy atom. The second kappa shape index (κ2) is 6.82. The largest absolute Gasteiger partial charge is 0.320 e. The lowest BCUT2D eigenvalue weighted by Crippen LogP contribution is -2.09. The van der Waals surface area contributed by atoms with Crippen LogP contribution in [0.1, 0.15) is 5.56 Å². The number of amides is 1. The van der Waals surface area contributed by atoms with Crippen molar-refractivity contribution < 1.29 is 14.1 Å². The topological polar surface area (TPSA) is 72.2 Å². The second-order valence-corrected chi connectivity index (χ2v) is 4.73. The molecule has 7 heteroatoms. The fourth-order valence-electron chi connectivity index (χ4n) is 1.65. The molecule has 0 saturated heterocycles. The molecule has 2 aromatic rings. The average molecular weight is 321 g/mol. The number of carbonyl (C=O) groups excluding carboxylic acids is 1. The molecule has 2 aromatic carbocycles. The highest BCUT2D eigenvalue weighted by Crippen LogP contribution is 2.19. The van der Waals surface area contributed by atoms with Crippen LogP contribution in [-0.2, 0) is 4.79 Å². The summed E-state index contributed by atoms with van der Waals surface area (Å²) in [5.74, 6) is -1.14. The van der Waals surface area contributed by atoms with Crippen molar-refractivity contribution in [1.29, 1.82) is 0 Å². The van der Waals surface area contributed by atoms with Gasteiger partial charge < -0.3 is 5.32 Å². The van der Waals surface area contributed by atoms with Crippen molar-refractivity contribution in [2.24, 2.45) is 0 Å². The Labute approximate surface area is 130 Å². The first kappa shape index (κ1) is 15.7. The number of non-ortho nitro benzene ring substituents is 1. The standard InChI is InChI=1S/C15H10ClFN2O3/c16-11-4-7-13(17)14(9-11)18-15(20)8-3-10-1-5-12(6-2-10)19(21)22/h1-9H,(H,18,20)/b8-3+. The number of carbonyl (C=O) groups is 1. The number of nitro groups is 1. The summed E-state index contributed by atoms with van der Waals surface area (Å²) >= 11 is 5.72. The lowest BCUT2D eigenvalue weighted by molar-refractivity contribution is -0.384. The minimum atomic E-state index is -0.596. The first-order chi connectivity index (χ1) is 10.5. The van der Waals surface area contributed by atoms with Gasteiger partial charge in [0.1, 0.15) is 5.82 Å². The monoisotopic (exact) mass is 320 g/mol. The third-order valence-electron chi connectivity index (χ3n) is 2.72. The normalized spacial score (nSPS) is 10.6. The Morgan fingerprint density at radius 3 is 2.55 bits per heavy atom. The van der Waals surface area contributed by atoms with Gasteiger partial charge in [-0.3, -0.25) is 14.9 Å². The molecule has 0 atom stereocenters. The molecule has 2 rings (SSSR count). The molecule has 0 unspecified atom stereocenters. The molecule has 112 valence electrons. The molecule has 22 heavy (non-hydrogen) atoms. The highest BCUT2D eigenvalue weighted by molar-refractivity contribution is 6.30. The fraction of sp³-hybridized carbons (Fsp3) is 0. The molecule has 0 aliphatic heterocycles. The van der Waals surface area contributed by atoms with Gasteiger partial charge in [0.15, 0.2) is 0 Å². The summed E-state index contributed by atoms with van der Waals surface area (Å²) in [5, 5.41) is 13.2. The van der Waals surface area contributed by atoms with Gasteiger partial charge in [0.25, 0.3) is 5.69 Å². The Kier molecular flexibility index (Phi) is 4.85. The van der Waals surface area contributed by atoms with Gasteiger partial charge in [-0.05, 0) is 42.0 Å². The van der Waals surface area contributed by atoms with Gasteiger partial charge >= 0.3 is 0 Å². The van der Waals surface area contributed by atoms with Crippen molar-refractivity contribution in [3.8, 4) is 0 Å². The number of anilines is 1. The van der Waals surface area contributed by atoms with E-state index < -0.39 is 16.6 Å². The number of halogens is 2. The summed E-state index contributed by atoms with van der Waals surface area (Å²) in [5.41, 5.74) is 0.542. The van der Waals surface area contributed by atoms with Gasteiger partial charge in [0.2, 0.25) is 5.91 Å². The molecule has 0 aliphatic rings. The molecule has 1 N–H and O–H groups in total. The van der Waals surface area contributed by atoms with Crippen LogP contribution in [0.5, 0.6) is 0 Å². The molecule has 0 bridgehead atoms. The molecule has 0 radical (unpaired) electrons. The molecular formula is C15H10ClFN2O3. The van der Waals surface area contributed by atoms with Crippen LogP contribution in [0.3, 0.4) is 0 Å². The van der Waals surface area contributed by atoms with Crippen molar-refractivity contribution in [1.82, 2.24) is 0 Å². The van der Waals surface area contributed by atoms with Gasteiger partial charge in [-0.25, -0.2) is 4.39 Å². The van der Waals surface area contributed by atoms with Crippen LogP contribution in [0.25, 0.3) is 6.08 Å². The summed E-state index contributed by atoms with van der Waals surface area (Å²) in [4.78, 5) is 21.7. The molecule has 0 aliphatic carbocycles. The number of hydrogen-bond acceptors (Lipinski definition) is 3. The minimum absolute atomic E-state index is 0.0224. The van der Waals surface area contributed by atoms with Gasteiger partial charge in [0, 0.05) is 23.2 Å². The molecule has 5 nitrogen and oxygen atoms in total. The summed E-state index contributed by atoms with van der Waals surface area (Å²) in [6, 6.07) is 9.48. The van der Waals surface area contributed by atoms with Crippen LogP contribution < -0.4 is 5.32 Å². The third-order valence-corrected chi connectivity index (χ3v) is 2.95.